The third-order valence-corrected chi connectivity index (χ3v) is 11.6. The molecule has 1 aromatic carbocycles. The average Bonchev–Trinajstić information content (AvgIpc) is 3.66. The van der Waals surface area contributed by atoms with Gasteiger partial charge < -0.3 is 10.4 Å². The van der Waals surface area contributed by atoms with Gasteiger partial charge in [0.05, 0.1) is 11.8 Å². The van der Waals surface area contributed by atoms with Gasteiger partial charge in [-0.25, -0.2) is 9.97 Å². The monoisotopic (exact) mass is 469 g/mol. The second-order valence-corrected chi connectivity index (χ2v) is 14.2. The van der Waals surface area contributed by atoms with Crippen molar-refractivity contribution in [3.63, 3.8) is 0 Å². The van der Waals surface area contributed by atoms with Crippen LogP contribution in [0.5, 0.6) is 0 Å². The van der Waals surface area contributed by atoms with E-state index in [1.165, 1.54) is 6.20 Å². The van der Waals surface area contributed by atoms with Gasteiger partial charge in [0.25, 0.3) is 5.91 Å². The predicted molar refractivity (Wildman–Crippen MR) is 132 cm³/mol. The molecule has 1 aliphatic rings. The van der Waals surface area contributed by atoms with E-state index in [4.69, 9.17) is 11.6 Å². The summed E-state index contributed by atoms with van der Waals surface area (Å²) in [4.78, 5) is 21.9. The lowest BCUT2D eigenvalue weighted by Crippen LogP contribution is -2.42. The summed E-state index contributed by atoms with van der Waals surface area (Å²) in [7, 11) is -1.66. The molecule has 2 N–H and O–H groups in total. The van der Waals surface area contributed by atoms with Crippen LogP contribution in [0, 0.1) is 17.4 Å². The summed E-state index contributed by atoms with van der Waals surface area (Å²) in [5.41, 5.74) is 4.81. The lowest BCUT2D eigenvalue weighted by molar-refractivity contribution is 0.0353. The van der Waals surface area contributed by atoms with E-state index in [1.54, 1.807) is 19.1 Å². The number of rotatable bonds is 8. The van der Waals surface area contributed by atoms with E-state index in [0.29, 0.717) is 16.4 Å². The summed E-state index contributed by atoms with van der Waals surface area (Å²) < 4.78 is 0. The molecule has 1 saturated carbocycles. The van der Waals surface area contributed by atoms with Gasteiger partial charge in [0.2, 0.25) is 0 Å². The summed E-state index contributed by atoms with van der Waals surface area (Å²) in [5, 5.41) is 13.9. The van der Waals surface area contributed by atoms with Gasteiger partial charge in [-0.3, -0.25) is 4.79 Å². The largest absolute Gasteiger partial charge is 0.388 e. The molecule has 1 atom stereocenters. The van der Waals surface area contributed by atoms with Gasteiger partial charge in [-0.1, -0.05) is 50.4 Å². The fourth-order valence-corrected chi connectivity index (χ4v) is 6.35. The minimum Gasteiger partial charge on any atom is -0.388 e. The fraction of sp³-hybridized carbons (Fsp3) is 0.480. The first-order valence-corrected chi connectivity index (χ1v) is 14.4. The molecule has 0 saturated heterocycles. The van der Waals surface area contributed by atoms with Crippen molar-refractivity contribution in [3.8, 4) is 22.7 Å². The standard InChI is InChI=1S/C25H32ClN3O2Si/c1-5-32(6-2,7-3)15-14-21-23(18-8-12-20(26)13-9-18)29-22(16-27-21)24(30)28-17-25(4,31)19-10-11-19/h8-9,12-13,16,19,31H,5-7,10-11,17H2,1-4H3,(H,28,30)/t25-/m0/s1. The van der Waals surface area contributed by atoms with Crippen molar-refractivity contribution in [1.82, 2.24) is 15.3 Å². The maximum Gasteiger partial charge on any atom is 0.271 e. The third kappa shape index (κ3) is 5.77. The Kier molecular flexibility index (Phi) is 7.76. The van der Waals surface area contributed by atoms with Crippen molar-refractivity contribution in [2.24, 2.45) is 5.92 Å². The van der Waals surface area contributed by atoms with Gasteiger partial charge in [0.1, 0.15) is 25.2 Å². The molecule has 170 valence electrons. The second-order valence-electron chi connectivity index (χ2n) is 8.86. The second kappa shape index (κ2) is 10.2. The lowest BCUT2D eigenvalue weighted by atomic mass is 10.0. The summed E-state index contributed by atoms with van der Waals surface area (Å²) in [6.07, 6.45) is 3.46. The number of carbonyl (C=O) groups is 1. The van der Waals surface area contributed by atoms with Gasteiger partial charge in [0, 0.05) is 17.1 Å². The van der Waals surface area contributed by atoms with Crippen molar-refractivity contribution in [2.75, 3.05) is 6.54 Å². The number of aliphatic hydroxyl groups is 1. The van der Waals surface area contributed by atoms with Gasteiger partial charge in [-0.05, 0) is 55.9 Å². The maximum atomic E-state index is 12.8. The Labute approximate surface area is 197 Å². The van der Waals surface area contributed by atoms with Crippen molar-refractivity contribution in [2.45, 2.75) is 64.3 Å². The Morgan fingerprint density at radius 1 is 1.22 bits per heavy atom. The van der Waals surface area contributed by atoms with Crippen LogP contribution in [0.1, 0.15) is 56.7 Å². The van der Waals surface area contributed by atoms with E-state index in [1.807, 2.05) is 12.1 Å². The Hall–Kier alpha value is -2.20. The first-order valence-electron chi connectivity index (χ1n) is 11.4. The molecule has 32 heavy (non-hydrogen) atoms. The van der Waals surface area contributed by atoms with E-state index < -0.39 is 13.7 Å². The van der Waals surface area contributed by atoms with Crippen LogP contribution < -0.4 is 5.32 Å². The quantitative estimate of drug-likeness (QED) is 0.417. The Balaban J connectivity index is 1.94. The van der Waals surface area contributed by atoms with Crippen molar-refractivity contribution in [3.05, 3.63) is 46.9 Å². The Morgan fingerprint density at radius 2 is 1.84 bits per heavy atom. The normalized spacial score (nSPS) is 15.4. The smallest absolute Gasteiger partial charge is 0.271 e. The fourth-order valence-electron chi connectivity index (χ4n) is 3.81. The zero-order valence-corrected chi connectivity index (χ0v) is 21.1. The van der Waals surface area contributed by atoms with Crippen LogP contribution in [0.4, 0.5) is 0 Å². The van der Waals surface area contributed by atoms with Crippen LogP contribution in [0.2, 0.25) is 23.2 Å². The van der Waals surface area contributed by atoms with E-state index >= 15 is 0 Å². The van der Waals surface area contributed by atoms with E-state index in [-0.39, 0.29) is 24.1 Å². The van der Waals surface area contributed by atoms with Gasteiger partial charge in [-0.2, -0.15) is 0 Å². The number of carbonyl (C=O) groups excluding carboxylic acids is 1. The number of amides is 1. The van der Waals surface area contributed by atoms with Crippen LogP contribution in [0.15, 0.2) is 30.5 Å². The number of benzene rings is 1. The summed E-state index contributed by atoms with van der Waals surface area (Å²) >= 11 is 6.07. The first-order chi connectivity index (χ1) is 15.2. The number of hydrogen-bond acceptors (Lipinski definition) is 4. The van der Waals surface area contributed by atoms with E-state index in [2.05, 4.69) is 47.5 Å². The molecule has 2 aromatic rings. The predicted octanol–water partition coefficient (Wildman–Crippen LogP) is 5.09. The van der Waals surface area contributed by atoms with Crippen LogP contribution in [-0.2, 0) is 0 Å². The SMILES string of the molecule is CC[Si](C#Cc1ncc(C(=O)NC[C@](C)(O)C2CC2)nc1-c1ccc(Cl)cc1)(CC)CC. The molecule has 3 rings (SSSR count). The van der Waals surface area contributed by atoms with Crippen LogP contribution in [0.25, 0.3) is 11.3 Å². The van der Waals surface area contributed by atoms with Crippen LogP contribution >= 0.6 is 11.6 Å². The van der Waals surface area contributed by atoms with Gasteiger partial charge >= 0.3 is 0 Å². The molecule has 7 heteroatoms. The lowest BCUT2D eigenvalue weighted by Gasteiger charge is -2.23. The number of nitrogens with one attached hydrogen (secondary N) is 1. The van der Waals surface area contributed by atoms with Crippen molar-refractivity contribution in [1.29, 1.82) is 0 Å². The number of aromatic nitrogens is 2. The number of nitrogens with zero attached hydrogens (tertiary/aromatic N) is 2. The zero-order chi connectivity index (χ0) is 23.4. The highest BCUT2D eigenvalue weighted by molar-refractivity contribution is 6.87. The number of hydrogen-bond donors (Lipinski definition) is 2. The van der Waals surface area contributed by atoms with Gasteiger partial charge in [0.15, 0.2) is 0 Å². The zero-order valence-electron chi connectivity index (χ0n) is 19.3. The van der Waals surface area contributed by atoms with Crippen molar-refractivity contribution >= 4 is 25.6 Å². The molecule has 0 aliphatic heterocycles. The highest BCUT2D eigenvalue weighted by Gasteiger charge is 2.40. The molecule has 5 nitrogen and oxygen atoms in total. The van der Waals surface area contributed by atoms with E-state index in [0.717, 1.165) is 36.5 Å². The molecule has 0 spiro atoms. The summed E-state index contributed by atoms with van der Waals surface area (Å²) in [6, 6.07) is 10.6. The molecular weight excluding hydrogens is 438 g/mol. The topological polar surface area (TPSA) is 75.1 Å². The van der Waals surface area contributed by atoms with Crippen molar-refractivity contribution < 1.29 is 9.90 Å². The Bertz CT molecular complexity index is 1010. The number of halogens is 1. The molecule has 1 aliphatic carbocycles. The molecule has 1 amide bonds. The van der Waals surface area contributed by atoms with Crippen LogP contribution in [-0.4, -0.2) is 41.2 Å². The molecule has 1 aromatic heterocycles. The molecular formula is C25H32ClN3O2Si. The molecule has 1 heterocycles. The van der Waals surface area contributed by atoms with Crippen LogP contribution in [0.3, 0.4) is 0 Å². The minimum atomic E-state index is -1.66. The third-order valence-electron chi connectivity index (χ3n) is 6.66. The minimum absolute atomic E-state index is 0.188. The highest BCUT2D eigenvalue weighted by Crippen LogP contribution is 2.39. The highest BCUT2D eigenvalue weighted by atomic mass is 35.5. The molecule has 0 bridgehead atoms. The molecule has 1 fully saturated rings. The molecule has 0 radical (unpaired) electrons. The Morgan fingerprint density at radius 3 is 2.41 bits per heavy atom. The van der Waals surface area contributed by atoms with E-state index in [9.17, 15) is 9.90 Å². The first kappa shape index (κ1) is 24.4. The average molecular weight is 470 g/mol. The molecule has 0 unspecified atom stereocenters. The summed E-state index contributed by atoms with van der Waals surface area (Å²) in [5.74, 6) is 3.19. The van der Waals surface area contributed by atoms with Gasteiger partial charge in [-0.15, -0.1) is 5.54 Å². The summed E-state index contributed by atoms with van der Waals surface area (Å²) in [6.45, 7) is 8.59. The maximum absolute atomic E-state index is 12.8.